The lowest BCUT2D eigenvalue weighted by molar-refractivity contribution is 0.761. The lowest BCUT2D eigenvalue weighted by Gasteiger charge is -2.05. The Hall–Kier alpha value is -2.70. The van der Waals surface area contributed by atoms with Crippen molar-refractivity contribution in [2.75, 3.05) is 0 Å². The van der Waals surface area contributed by atoms with Gasteiger partial charge in [-0.25, -0.2) is 4.68 Å². The minimum absolute atomic E-state index is 0.300. The van der Waals surface area contributed by atoms with E-state index in [0.29, 0.717) is 23.4 Å². The molecule has 1 aromatic carbocycles. The van der Waals surface area contributed by atoms with E-state index < -0.39 is 0 Å². The summed E-state index contributed by atoms with van der Waals surface area (Å²) in [6.45, 7) is 0.300. The van der Waals surface area contributed by atoms with E-state index in [0.717, 1.165) is 5.69 Å². The van der Waals surface area contributed by atoms with Crippen molar-refractivity contribution in [1.29, 1.82) is 10.5 Å². The summed E-state index contributed by atoms with van der Waals surface area (Å²) in [6, 6.07) is 8.80. The Bertz CT molecular complexity index is 628. The second kappa shape index (κ2) is 4.44. The van der Waals surface area contributed by atoms with E-state index in [2.05, 4.69) is 10.3 Å². The van der Waals surface area contributed by atoms with Gasteiger partial charge in [-0.15, -0.1) is 5.10 Å². The highest BCUT2D eigenvalue weighted by Crippen LogP contribution is 2.14. The molecule has 0 unspecified atom stereocenters. The molecule has 0 fully saturated rings. The molecule has 0 atom stereocenters. The van der Waals surface area contributed by atoms with Gasteiger partial charge in [0.05, 0.1) is 28.7 Å². The molecule has 2 N–H and O–H groups in total. The van der Waals surface area contributed by atoms with Crippen LogP contribution in [0.3, 0.4) is 0 Å². The summed E-state index contributed by atoms with van der Waals surface area (Å²) in [5, 5.41) is 25.4. The topological polar surface area (TPSA) is 104 Å². The Labute approximate surface area is 97.5 Å². The highest BCUT2D eigenvalue weighted by atomic mass is 15.4. The highest BCUT2D eigenvalue weighted by molar-refractivity contribution is 5.51. The van der Waals surface area contributed by atoms with Crippen molar-refractivity contribution in [2.24, 2.45) is 5.73 Å². The molecule has 1 heterocycles. The number of nitrogens with zero attached hydrogens (tertiary/aromatic N) is 5. The maximum absolute atomic E-state index is 8.93. The molecule has 0 saturated carbocycles. The van der Waals surface area contributed by atoms with Crippen LogP contribution in [0.1, 0.15) is 16.8 Å². The van der Waals surface area contributed by atoms with Gasteiger partial charge in [0.1, 0.15) is 12.1 Å². The first-order chi connectivity index (χ1) is 8.30. The molecule has 0 radical (unpaired) electrons. The molecule has 0 aliphatic rings. The zero-order valence-corrected chi connectivity index (χ0v) is 8.83. The van der Waals surface area contributed by atoms with Gasteiger partial charge in [0.15, 0.2) is 0 Å². The third kappa shape index (κ3) is 1.85. The molecule has 6 heteroatoms. The van der Waals surface area contributed by atoms with E-state index in [1.807, 2.05) is 12.1 Å². The average molecular weight is 224 g/mol. The number of hydrogen-bond donors (Lipinski definition) is 1. The fourth-order valence-electron chi connectivity index (χ4n) is 1.47. The van der Waals surface area contributed by atoms with Crippen LogP contribution >= 0.6 is 0 Å². The second-order valence-corrected chi connectivity index (χ2v) is 3.29. The molecular weight excluding hydrogens is 216 g/mol. The molecule has 2 aromatic rings. The molecule has 0 amide bonds. The van der Waals surface area contributed by atoms with Gasteiger partial charge >= 0.3 is 0 Å². The molecule has 0 aliphatic carbocycles. The molecule has 0 aliphatic heterocycles. The molecule has 0 bridgehead atoms. The predicted octanol–water partition coefficient (Wildman–Crippen LogP) is 0.469. The van der Waals surface area contributed by atoms with Crippen LogP contribution in [0, 0.1) is 22.7 Å². The summed E-state index contributed by atoms with van der Waals surface area (Å²) in [6.07, 6.45) is 1.56. The third-order valence-corrected chi connectivity index (χ3v) is 2.32. The SMILES string of the molecule is N#Cc1ccc(-n2nncc2CN)cc1C#N. The van der Waals surface area contributed by atoms with Gasteiger partial charge in [0, 0.05) is 6.54 Å². The number of nitriles is 2. The summed E-state index contributed by atoms with van der Waals surface area (Å²) in [5.41, 5.74) is 7.59. The fourth-order valence-corrected chi connectivity index (χ4v) is 1.47. The first kappa shape index (κ1) is 10.8. The molecule has 17 heavy (non-hydrogen) atoms. The zero-order chi connectivity index (χ0) is 12.3. The molecule has 2 rings (SSSR count). The first-order valence-electron chi connectivity index (χ1n) is 4.84. The van der Waals surface area contributed by atoms with Gasteiger partial charge in [-0.3, -0.25) is 0 Å². The van der Waals surface area contributed by atoms with Crippen LogP contribution in [0.25, 0.3) is 5.69 Å². The maximum atomic E-state index is 8.93. The number of nitrogens with two attached hydrogens (primary N) is 1. The lowest BCUT2D eigenvalue weighted by Crippen LogP contribution is -2.07. The molecule has 1 aromatic heterocycles. The summed E-state index contributed by atoms with van der Waals surface area (Å²) < 4.78 is 1.54. The largest absolute Gasteiger partial charge is 0.325 e. The van der Waals surface area contributed by atoms with Crippen LogP contribution in [0.4, 0.5) is 0 Å². The molecular formula is C11H8N6. The summed E-state index contributed by atoms with van der Waals surface area (Å²) in [5.74, 6) is 0. The first-order valence-corrected chi connectivity index (χ1v) is 4.84. The van der Waals surface area contributed by atoms with E-state index >= 15 is 0 Å². The van der Waals surface area contributed by atoms with Crippen LogP contribution in [0.2, 0.25) is 0 Å². The van der Waals surface area contributed by atoms with Crippen LogP contribution in [0.5, 0.6) is 0 Å². The van der Waals surface area contributed by atoms with E-state index in [4.69, 9.17) is 16.3 Å². The predicted molar refractivity (Wildman–Crippen MR) is 58.7 cm³/mol. The smallest absolute Gasteiger partial charge is 0.101 e. The Morgan fingerprint density at radius 2 is 2.00 bits per heavy atom. The van der Waals surface area contributed by atoms with E-state index in [-0.39, 0.29) is 0 Å². The third-order valence-electron chi connectivity index (χ3n) is 2.32. The van der Waals surface area contributed by atoms with Crippen LogP contribution in [0.15, 0.2) is 24.4 Å². The Kier molecular flexibility index (Phi) is 2.82. The van der Waals surface area contributed by atoms with Gasteiger partial charge in [-0.2, -0.15) is 10.5 Å². The average Bonchev–Trinajstić information content (AvgIpc) is 2.86. The number of benzene rings is 1. The monoisotopic (exact) mass is 224 g/mol. The molecule has 82 valence electrons. The number of hydrogen-bond acceptors (Lipinski definition) is 5. The van der Waals surface area contributed by atoms with Crippen LogP contribution in [-0.4, -0.2) is 15.0 Å². The Morgan fingerprint density at radius 3 is 2.65 bits per heavy atom. The molecule has 6 nitrogen and oxygen atoms in total. The summed E-state index contributed by atoms with van der Waals surface area (Å²) in [7, 11) is 0. The Balaban J connectivity index is 2.56. The standard InChI is InChI=1S/C11H8N6/c12-4-8-1-2-10(3-9(8)5-13)17-11(6-14)7-15-16-17/h1-3,7H,6,14H2. The second-order valence-electron chi connectivity index (χ2n) is 3.29. The van der Waals surface area contributed by atoms with Gasteiger partial charge in [0.25, 0.3) is 0 Å². The zero-order valence-electron chi connectivity index (χ0n) is 8.83. The van der Waals surface area contributed by atoms with Crippen molar-refractivity contribution >= 4 is 0 Å². The maximum Gasteiger partial charge on any atom is 0.101 e. The van der Waals surface area contributed by atoms with Crippen LogP contribution in [-0.2, 0) is 6.54 Å². The van der Waals surface area contributed by atoms with Crippen molar-refractivity contribution in [2.45, 2.75) is 6.54 Å². The van der Waals surface area contributed by atoms with E-state index in [1.165, 1.54) is 0 Å². The van der Waals surface area contributed by atoms with Crippen molar-refractivity contribution in [3.05, 3.63) is 41.2 Å². The van der Waals surface area contributed by atoms with Crippen molar-refractivity contribution in [1.82, 2.24) is 15.0 Å². The Morgan fingerprint density at radius 1 is 1.24 bits per heavy atom. The van der Waals surface area contributed by atoms with Gasteiger partial charge in [0.2, 0.25) is 0 Å². The molecule has 0 spiro atoms. The van der Waals surface area contributed by atoms with E-state index in [1.54, 1.807) is 29.1 Å². The number of aromatic nitrogens is 3. The highest BCUT2D eigenvalue weighted by Gasteiger charge is 2.08. The number of rotatable bonds is 2. The van der Waals surface area contributed by atoms with Gasteiger partial charge in [-0.05, 0) is 18.2 Å². The van der Waals surface area contributed by atoms with Gasteiger partial charge in [-0.1, -0.05) is 5.21 Å². The summed E-state index contributed by atoms with van der Waals surface area (Å²) >= 11 is 0. The summed E-state index contributed by atoms with van der Waals surface area (Å²) in [4.78, 5) is 0. The van der Waals surface area contributed by atoms with Crippen molar-refractivity contribution in [3.63, 3.8) is 0 Å². The van der Waals surface area contributed by atoms with Gasteiger partial charge < -0.3 is 5.73 Å². The van der Waals surface area contributed by atoms with Crippen LogP contribution < -0.4 is 5.73 Å². The lowest BCUT2D eigenvalue weighted by atomic mass is 10.1. The van der Waals surface area contributed by atoms with Crippen molar-refractivity contribution < 1.29 is 0 Å². The fraction of sp³-hybridized carbons (Fsp3) is 0.0909. The van der Waals surface area contributed by atoms with Crippen molar-refractivity contribution in [3.8, 4) is 17.8 Å². The van der Waals surface area contributed by atoms with E-state index in [9.17, 15) is 0 Å². The minimum atomic E-state index is 0.300. The minimum Gasteiger partial charge on any atom is -0.325 e. The quantitative estimate of drug-likeness (QED) is 0.798. The normalized spacial score (nSPS) is 9.59. The molecule has 0 saturated heterocycles.